The van der Waals surface area contributed by atoms with Crippen LogP contribution in [0.3, 0.4) is 0 Å². The van der Waals surface area contributed by atoms with Crippen LogP contribution >= 0.6 is 0 Å². The summed E-state index contributed by atoms with van der Waals surface area (Å²) < 4.78 is 27.4. The van der Waals surface area contributed by atoms with Gasteiger partial charge in [-0.05, 0) is 18.6 Å². The maximum atomic E-state index is 11.4. The maximum Gasteiger partial charge on any atom is 0.299 e. The molecule has 0 aliphatic rings. The Morgan fingerprint density at radius 1 is 1.47 bits per heavy atom. The number of nitrogen functional groups attached to an aromatic ring is 1. The second-order valence-corrected chi connectivity index (χ2v) is 4.47. The normalized spacial score (nSPS) is 11.3. The number of pyridine rings is 1. The minimum absolute atomic E-state index is 0.347. The van der Waals surface area contributed by atoms with Gasteiger partial charge in [0.15, 0.2) is 0 Å². The minimum Gasteiger partial charge on any atom is -0.384 e. The first-order valence-electron chi connectivity index (χ1n) is 4.52. The second kappa shape index (κ2) is 4.94. The lowest BCUT2D eigenvalue weighted by atomic mass is 10.4. The average molecular weight is 230 g/mol. The van der Waals surface area contributed by atoms with Gasteiger partial charge in [-0.3, -0.25) is 4.72 Å². The van der Waals surface area contributed by atoms with Crippen LogP contribution in [0.5, 0.6) is 0 Å². The maximum absolute atomic E-state index is 11.4. The van der Waals surface area contributed by atoms with E-state index in [4.69, 9.17) is 5.73 Å². The molecule has 0 fully saturated rings. The molecule has 84 valence electrons. The Hall–Kier alpha value is -1.34. The van der Waals surface area contributed by atoms with Crippen molar-refractivity contribution in [2.75, 3.05) is 17.0 Å². The van der Waals surface area contributed by atoms with Gasteiger partial charge in [0.05, 0.1) is 11.9 Å². The van der Waals surface area contributed by atoms with Crippen LogP contribution in [-0.2, 0) is 10.2 Å². The zero-order chi connectivity index (χ0) is 11.3. The molecule has 1 aromatic heterocycles. The van der Waals surface area contributed by atoms with Crippen molar-refractivity contribution in [1.82, 2.24) is 9.71 Å². The third-order valence-corrected chi connectivity index (χ3v) is 2.67. The van der Waals surface area contributed by atoms with Crippen LogP contribution < -0.4 is 15.2 Å². The van der Waals surface area contributed by atoms with Crippen LogP contribution in [-0.4, -0.2) is 19.9 Å². The molecule has 1 aromatic rings. The molecule has 0 saturated carbocycles. The third-order valence-electron chi connectivity index (χ3n) is 1.58. The summed E-state index contributed by atoms with van der Waals surface area (Å²) in [5.74, 6) is 0.347. The first-order valence-corrected chi connectivity index (χ1v) is 6.01. The summed E-state index contributed by atoms with van der Waals surface area (Å²) in [6.07, 6.45) is 2.10. The standard InChI is InChI=1S/C8H14N4O2S/c1-2-5-11-15(13,14)12-7-3-4-8(9)10-6-7/h3-4,6,11-12H,2,5H2,1H3,(H2,9,10). The molecule has 0 aliphatic heterocycles. The van der Waals surface area contributed by atoms with Gasteiger partial charge in [-0.15, -0.1) is 0 Å². The van der Waals surface area contributed by atoms with Crippen molar-refractivity contribution in [3.05, 3.63) is 18.3 Å². The van der Waals surface area contributed by atoms with E-state index in [2.05, 4.69) is 14.4 Å². The molecule has 0 radical (unpaired) electrons. The molecule has 0 bridgehead atoms. The zero-order valence-electron chi connectivity index (χ0n) is 8.40. The number of anilines is 2. The number of nitrogens with zero attached hydrogens (tertiary/aromatic N) is 1. The molecule has 15 heavy (non-hydrogen) atoms. The monoisotopic (exact) mass is 230 g/mol. The van der Waals surface area contributed by atoms with E-state index >= 15 is 0 Å². The molecule has 1 heterocycles. The Morgan fingerprint density at radius 2 is 2.20 bits per heavy atom. The summed E-state index contributed by atoms with van der Waals surface area (Å²) in [6, 6.07) is 3.07. The second-order valence-electron chi connectivity index (χ2n) is 2.97. The third kappa shape index (κ3) is 4.13. The van der Waals surface area contributed by atoms with Gasteiger partial charge in [0.25, 0.3) is 10.2 Å². The molecule has 0 aromatic carbocycles. The Balaban J connectivity index is 2.65. The first kappa shape index (κ1) is 11.7. The van der Waals surface area contributed by atoms with Gasteiger partial charge >= 0.3 is 0 Å². The highest BCUT2D eigenvalue weighted by atomic mass is 32.2. The summed E-state index contributed by atoms with van der Waals surface area (Å²) in [4.78, 5) is 3.77. The van der Waals surface area contributed by atoms with Crippen LogP contribution in [0.2, 0.25) is 0 Å². The lowest BCUT2D eigenvalue weighted by Gasteiger charge is -2.07. The average Bonchev–Trinajstić information content (AvgIpc) is 2.18. The fraction of sp³-hybridized carbons (Fsp3) is 0.375. The SMILES string of the molecule is CCCNS(=O)(=O)Nc1ccc(N)nc1. The molecule has 1 rings (SSSR count). The van der Waals surface area contributed by atoms with Crippen LogP contribution in [0, 0.1) is 0 Å². The van der Waals surface area contributed by atoms with E-state index in [0.717, 1.165) is 6.42 Å². The van der Waals surface area contributed by atoms with Gasteiger partial charge in [-0.1, -0.05) is 6.92 Å². The Bertz CT molecular complexity index is 401. The largest absolute Gasteiger partial charge is 0.384 e. The smallest absolute Gasteiger partial charge is 0.299 e. The number of aromatic nitrogens is 1. The summed E-state index contributed by atoms with van der Waals surface area (Å²) in [6.45, 7) is 2.28. The predicted octanol–water partition coefficient (Wildman–Crippen LogP) is 0.320. The van der Waals surface area contributed by atoms with Gasteiger partial charge in [0.1, 0.15) is 5.82 Å². The highest BCUT2D eigenvalue weighted by Crippen LogP contribution is 2.07. The fourth-order valence-electron chi connectivity index (χ4n) is 0.893. The van der Waals surface area contributed by atoms with Gasteiger partial charge in [0, 0.05) is 6.54 Å². The number of rotatable bonds is 5. The molecule has 0 saturated heterocycles. The highest BCUT2D eigenvalue weighted by Gasteiger charge is 2.07. The number of hydrogen-bond donors (Lipinski definition) is 3. The molecule has 6 nitrogen and oxygen atoms in total. The fourth-order valence-corrected chi connectivity index (χ4v) is 1.87. The minimum atomic E-state index is -3.49. The van der Waals surface area contributed by atoms with Crippen molar-refractivity contribution in [3.8, 4) is 0 Å². The number of nitrogens with one attached hydrogen (secondary N) is 2. The van der Waals surface area contributed by atoms with Crippen molar-refractivity contribution in [1.29, 1.82) is 0 Å². The molecule has 0 spiro atoms. The highest BCUT2D eigenvalue weighted by molar-refractivity contribution is 7.90. The van der Waals surface area contributed by atoms with E-state index in [1.165, 1.54) is 12.3 Å². The lowest BCUT2D eigenvalue weighted by molar-refractivity contribution is 0.586. The van der Waals surface area contributed by atoms with Crippen LogP contribution in [0.4, 0.5) is 11.5 Å². The molecular formula is C8H14N4O2S. The summed E-state index contributed by atoms with van der Waals surface area (Å²) >= 11 is 0. The molecule has 0 atom stereocenters. The van der Waals surface area contributed by atoms with Crippen LogP contribution in [0.25, 0.3) is 0 Å². The Morgan fingerprint density at radius 3 is 2.73 bits per heavy atom. The topological polar surface area (TPSA) is 97.1 Å². The molecular weight excluding hydrogens is 216 g/mol. The van der Waals surface area contributed by atoms with E-state index in [0.29, 0.717) is 18.1 Å². The summed E-state index contributed by atoms with van der Waals surface area (Å²) in [5, 5.41) is 0. The van der Waals surface area contributed by atoms with Crippen LogP contribution in [0.1, 0.15) is 13.3 Å². The lowest BCUT2D eigenvalue weighted by Crippen LogP contribution is -2.30. The zero-order valence-corrected chi connectivity index (χ0v) is 9.21. The van der Waals surface area contributed by atoms with E-state index in [1.54, 1.807) is 6.07 Å². The molecule has 4 N–H and O–H groups in total. The first-order chi connectivity index (χ1) is 7.03. The van der Waals surface area contributed by atoms with Crippen molar-refractivity contribution in [3.63, 3.8) is 0 Å². The van der Waals surface area contributed by atoms with E-state index in [1.807, 2.05) is 6.92 Å². The number of nitrogens with two attached hydrogens (primary N) is 1. The molecule has 0 unspecified atom stereocenters. The van der Waals surface area contributed by atoms with Gasteiger partial charge < -0.3 is 5.73 Å². The quantitative estimate of drug-likeness (QED) is 0.678. The molecule has 0 aliphatic carbocycles. The molecule has 0 amide bonds. The van der Waals surface area contributed by atoms with Crippen molar-refractivity contribution < 1.29 is 8.42 Å². The molecule has 7 heteroatoms. The predicted molar refractivity (Wildman–Crippen MR) is 59.5 cm³/mol. The van der Waals surface area contributed by atoms with E-state index in [-0.39, 0.29) is 0 Å². The van der Waals surface area contributed by atoms with Crippen molar-refractivity contribution in [2.45, 2.75) is 13.3 Å². The Kier molecular flexibility index (Phi) is 3.87. The Labute approximate surface area is 89.1 Å². The summed E-state index contributed by atoms with van der Waals surface area (Å²) in [5.41, 5.74) is 5.75. The van der Waals surface area contributed by atoms with Gasteiger partial charge in [0.2, 0.25) is 0 Å². The van der Waals surface area contributed by atoms with Crippen molar-refractivity contribution in [2.24, 2.45) is 0 Å². The van der Waals surface area contributed by atoms with E-state index < -0.39 is 10.2 Å². The van der Waals surface area contributed by atoms with Gasteiger partial charge in [-0.25, -0.2) is 4.98 Å². The van der Waals surface area contributed by atoms with Gasteiger partial charge in [-0.2, -0.15) is 13.1 Å². The number of hydrogen-bond acceptors (Lipinski definition) is 4. The van der Waals surface area contributed by atoms with E-state index in [9.17, 15) is 8.42 Å². The van der Waals surface area contributed by atoms with Crippen LogP contribution in [0.15, 0.2) is 18.3 Å². The summed E-state index contributed by atoms with van der Waals surface area (Å²) in [7, 11) is -3.49. The van der Waals surface area contributed by atoms with Crippen molar-refractivity contribution >= 4 is 21.7 Å².